The van der Waals surface area contributed by atoms with Gasteiger partial charge >= 0.3 is 0 Å². The Hall–Kier alpha value is -1.39. The van der Waals surface area contributed by atoms with Gasteiger partial charge in [-0.1, -0.05) is 25.1 Å². The van der Waals surface area contributed by atoms with Crippen LogP contribution in [0.1, 0.15) is 47.7 Å². The lowest BCUT2D eigenvalue weighted by atomic mass is 9.91. The maximum Gasteiger partial charge on any atom is 0.109 e. The van der Waals surface area contributed by atoms with Crippen molar-refractivity contribution in [3.63, 3.8) is 0 Å². The molecule has 112 valence electrons. The van der Waals surface area contributed by atoms with Crippen LogP contribution in [-0.2, 0) is 6.42 Å². The topological polar surface area (TPSA) is 37.0 Å². The van der Waals surface area contributed by atoms with Crippen molar-refractivity contribution in [2.24, 2.45) is 0 Å². The average molecular weight is 301 g/mol. The third-order valence-electron chi connectivity index (χ3n) is 4.17. The smallest absolute Gasteiger partial charge is 0.109 e. The van der Waals surface area contributed by atoms with Crippen LogP contribution < -0.4 is 10.6 Å². The fraction of sp³-hybridized carbons (Fsp3) is 0.471. The minimum atomic E-state index is 0.331. The van der Waals surface area contributed by atoms with Gasteiger partial charge in [0.1, 0.15) is 5.01 Å². The molecule has 0 amide bonds. The van der Waals surface area contributed by atoms with Gasteiger partial charge in [0.05, 0.1) is 6.04 Å². The standard InChI is InChI=1S/C17H23N3S/c1-3-14-11-20-17(21-14)12(2)19-10-13-8-9-18-16-7-5-4-6-15(13)16/h4-7,11-13,18-19H,3,8-10H2,1-2H3. The zero-order chi connectivity index (χ0) is 14.7. The van der Waals surface area contributed by atoms with Gasteiger partial charge in [-0.05, 0) is 31.4 Å². The first-order valence-corrected chi connectivity index (χ1v) is 8.60. The summed E-state index contributed by atoms with van der Waals surface area (Å²) in [6, 6.07) is 9.00. The number of hydrogen-bond acceptors (Lipinski definition) is 4. The molecule has 2 unspecified atom stereocenters. The lowest BCUT2D eigenvalue weighted by molar-refractivity contribution is 0.500. The molecule has 0 aliphatic carbocycles. The Bertz CT molecular complexity index is 593. The van der Waals surface area contributed by atoms with Crippen LogP contribution in [0.25, 0.3) is 0 Å². The zero-order valence-corrected chi connectivity index (χ0v) is 13.5. The molecular formula is C17H23N3S. The molecule has 0 fully saturated rings. The number of aromatic nitrogens is 1. The highest BCUT2D eigenvalue weighted by Crippen LogP contribution is 2.31. The van der Waals surface area contributed by atoms with Crippen LogP contribution in [0.3, 0.4) is 0 Å². The van der Waals surface area contributed by atoms with E-state index in [2.05, 4.69) is 53.7 Å². The van der Waals surface area contributed by atoms with Crippen LogP contribution in [0.5, 0.6) is 0 Å². The number of aryl methyl sites for hydroxylation is 1. The minimum absolute atomic E-state index is 0.331. The molecule has 2 aromatic rings. The van der Waals surface area contributed by atoms with Crippen molar-refractivity contribution in [2.75, 3.05) is 18.4 Å². The Morgan fingerprint density at radius 3 is 3.10 bits per heavy atom. The highest BCUT2D eigenvalue weighted by Gasteiger charge is 2.20. The molecule has 4 heteroatoms. The van der Waals surface area contributed by atoms with E-state index in [1.165, 1.54) is 27.6 Å². The van der Waals surface area contributed by atoms with Crippen LogP contribution in [0, 0.1) is 0 Å². The molecule has 1 aliphatic rings. The number of nitrogens with one attached hydrogen (secondary N) is 2. The summed E-state index contributed by atoms with van der Waals surface area (Å²) in [6.07, 6.45) is 4.28. The predicted octanol–water partition coefficient (Wildman–Crippen LogP) is 3.96. The summed E-state index contributed by atoms with van der Waals surface area (Å²) in [5, 5.41) is 8.35. The Balaban J connectivity index is 1.63. The molecule has 2 atom stereocenters. The summed E-state index contributed by atoms with van der Waals surface area (Å²) >= 11 is 1.83. The molecule has 21 heavy (non-hydrogen) atoms. The number of benzene rings is 1. The van der Waals surface area contributed by atoms with Crippen molar-refractivity contribution >= 4 is 17.0 Å². The van der Waals surface area contributed by atoms with Crippen molar-refractivity contribution in [3.05, 3.63) is 45.9 Å². The molecule has 3 nitrogen and oxygen atoms in total. The molecule has 0 radical (unpaired) electrons. The summed E-state index contributed by atoms with van der Waals surface area (Å²) in [4.78, 5) is 5.91. The van der Waals surface area contributed by atoms with Gasteiger partial charge in [-0.15, -0.1) is 11.3 Å². The van der Waals surface area contributed by atoms with Crippen molar-refractivity contribution in [1.82, 2.24) is 10.3 Å². The second-order valence-corrected chi connectivity index (χ2v) is 6.79. The predicted molar refractivity (Wildman–Crippen MR) is 90.2 cm³/mol. The fourth-order valence-corrected chi connectivity index (χ4v) is 3.74. The maximum atomic E-state index is 4.54. The SMILES string of the molecule is CCc1cnc(C(C)NCC2CCNc3ccccc32)s1. The molecule has 0 bridgehead atoms. The number of anilines is 1. The Labute approximate surface area is 130 Å². The molecular weight excluding hydrogens is 278 g/mol. The van der Waals surface area contributed by atoms with Crippen molar-refractivity contribution in [3.8, 4) is 0 Å². The minimum Gasteiger partial charge on any atom is -0.385 e. The fourth-order valence-electron chi connectivity index (χ4n) is 2.86. The number of nitrogens with zero attached hydrogens (tertiary/aromatic N) is 1. The van der Waals surface area contributed by atoms with Gasteiger partial charge in [-0.3, -0.25) is 0 Å². The number of para-hydroxylation sites is 1. The number of thiazole rings is 1. The molecule has 1 aromatic heterocycles. The van der Waals surface area contributed by atoms with Crippen molar-refractivity contribution in [2.45, 2.75) is 38.6 Å². The van der Waals surface area contributed by atoms with E-state index in [-0.39, 0.29) is 0 Å². The normalized spacial score (nSPS) is 18.9. The van der Waals surface area contributed by atoms with Gasteiger partial charge < -0.3 is 10.6 Å². The van der Waals surface area contributed by atoms with Gasteiger partial charge in [0.15, 0.2) is 0 Å². The third-order valence-corrected chi connectivity index (χ3v) is 5.49. The lowest BCUT2D eigenvalue weighted by Crippen LogP contribution is -2.28. The van der Waals surface area contributed by atoms with E-state index in [0.717, 1.165) is 19.5 Å². The molecule has 0 spiro atoms. The van der Waals surface area contributed by atoms with Gasteiger partial charge in [0, 0.05) is 35.8 Å². The molecule has 1 aromatic carbocycles. The van der Waals surface area contributed by atoms with Crippen LogP contribution >= 0.6 is 11.3 Å². The highest BCUT2D eigenvalue weighted by molar-refractivity contribution is 7.11. The summed E-state index contributed by atoms with van der Waals surface area (Å²) < 4.78 is 0. The lowest BCUT2D eigenvalue weighted by Gasteiger charge is -2.27. The molecule has 0 saturated carbocycles. The second kappa shape index (κ2) is 6.58. The van der Waals surface area contributed by atoms with Crippen molar-refractivity contribution < 1.29 is 0 Å². The molecule has 1 aliphatic heterocycles. The Morgan fingerprint density at radius 1 is 1.43 bits per heavy atom. The second-order valence-electron chi connectivity index (χ2n) is 5.65. The number of fused-ring (bicyclic) bond motifs is 1. The summed E-state index contributed by atoms with van der Waals surface area (Å²) in [6.45, 7) is 6.47. The van der Waals surface area contributed by atoms with E-state index in [0.29, 0.717) is 12.0 Å². The van der Waals surface area contributed by atoms with Gasteiger partial charge in [0.2, 0.25) is 0 Å². The van der Waals surface area contributed by atoms with Gasteiger partial charge in [-0.2, -0.15) is 0 Å². The van der Waals surface area contributed by atoms with E-state index >= 15 is 0 Å². The Kier molecular flexibility index (Phi) is 4.56. The van der Waals surface area contributed by atoms with E-state index in [1.807, 2.05) is 17.5 Å². The van der Waals surface area contributed by atoms with Crippen LogP contribution in [0.4, 0.5) is 5.69 Å². The molecule has 0 saturated heterocycles. The summed E-state index contributed by atoms with van der Waals surface area (Å²) in [7, 11) is 0. The van der Waals surface area contributed by atoms with Crippen LogP contribution in [-0.4, -0.2) is 18.1 Å². The first-order valence-electron chi connectivity index (χ1n) is 7.78. The van der Waals surface area contributed by atoms with E-state index in [1.54, 1.807) is 0 Å². The average Bonchev–Trinajstić information content (AvgIpc) is 3.01. The largest absolute Gasteiger partial charge is 0.385 e. The molecule has 2 heterocycles. The van der Waals surface area contributed by atoms with Gasteiger partial charge in [-0.25, -0.2) is 4.98 Å². The first-order chi connectivity index (χ1) is 10.3. The quantitative estimate of drug-likeness (QED) is 0.878. The molecule has 3 rings (SSSR count). The summed E-state index contributed by atoms with van der Waals surface area (Å²) in [5.74, 6) is 0.593. The zero-order valence-electron chi connectivity index (χ0n) is 12.7. The highest BCUT2D eigenvalue weighted by atomic mass is 32.1. The molecule has 2 N–H and O–H groups in total. The Morgan fingerprint density at radius 2 is 2.29 bits per heavy atom. The van der Waals surface area contributed by atoms with Crippen LogP contribution in [0.2, 0.25) is 0 Å². The number of rotatable bonds is 5. The van der Waals surface area contributed by atoms with Gasteiger partial charge in [0.25, 0.3) is 0 Å². The van der Waals surface area contributed by atoms with Crippen molar-refractivity contribution in [1.29, 1.82) is 0 Å². The maximum absolute atomic E-state index is 4.54. The van der Waals surface area contributed by atoms with E-state index in [9.17, 15) is 0 Å². The first kappa shape index (κ1) is 14.5. The van der Waals surface area contributed by atoms with E-state index in [4.69, 9.17) is 0 Å². The van der Waals surface area contributed by atoms with E-state index < -0.39 is 0 Å². The number of hydrogen-bond donors (Lipinski definition) is 2. The van der Waals surface area contributed by atoms with Crippen LogP contribution in [0.15, 0.2) is 30.5 Å². The monoisotopic (exact) mass is 301 g/mol. The summed E-state index contributed by atoms with van der Waals surface area (Å²) in [5.41, 5.74) is 2.74. The third kappa shape index (κ3) is 3.27.